The number of likely N-dealkylation sites (tertiary alicyclic amines) is 1. The Labute approximate surface area is 159 Å². The third-order valence-electron chi connectivity index (χ3n) is 5.15. The lowest BCUT2D eigenvalue weighted by Crippen LogP contribution is -2.47. The number of nitrogens with zero attached hydrogens (tertiary/aromatic N) is 3. The molecule has 1 aliphatic heterocycles. The summed E-state index contributed by atoms with van der Waals surface area (Å²) < 4.78 is 8.32. The van der Waals surface area contributed by atoms with E-state index in [4.69, 9.17) is 4.42 Å². The molecule has 1 fully saturated rings. The quantitative estimate of drug-likeness (QED) is 0.688. The Morgan fingerprint density at radius 3 is 2.85 bits per heavy atom. The van der Waals surface area contributed by atoms with Crippen molar-refractivity contribution in [3.63, 3.8) is 0 Å². The zero-order chi connectivity index (χ0) is 19.0. The minimum Gasteiger partial charge on any atom is -0.467 e. The van der Waals surface area contributed by atoms with E-state index in [0.29, 0.717) is 22.5 Å². The van der Waals surface area contributed by atoms with E-state index in [1.165, 1.54) is 22.2 Å². The predicted molar refractivity (Wildman–Crippen MR) is 103 cm³/mol. The summed E-state index contributed by atoms with van der Waals surface area (Å²) in [5.74, 6) is 0.438. The van der Waals surface area contributed by atoms with Crippen molar-refractivity contribution >= 4 is 27.5 Å². The highest BCUT2D eigenvalue weighted by atomic mass is 32.1. The average molecular weight is 387 g/mol. The summed E-state index contributed by atoms with van der Waals surface area (Å²) in [6.07, 6.45) is 4.58. The molecule has 0 saturated carbocycles. The lowest BCUT2D eigenvalue weighted by atomic mass is 10.0. The second kappa shape index (κ2) is 7.19. The van der Waals surface area contributed by atoms with E-state index in [1.54, 1.807) is 23.6 Å². The summed E-state index contributed by atoms with van der Waals surface area (Å²) in [6, 6.07) is 5.33. The first-order valence-corrected chi connectivity index (χ1v) is 9.97. The minimum absolute atomic E-state index is 0.0484. The van der Waals surface area contributed by atoms with Gasteiger partial charge in [0.15, 0.2) is 0 Å². The van der Waals surface area contributed by atoms with E-state index in [9.17, 15) is 14.4 Å². The maximum atomic E-state index is 13.0. The zero-order valence-corrected chi connectivity index (χ0v) is 15.9. The highest BCUT2D eigenvalue weighted by Gasteiger charge is 2.25. The molecule has 4 heterocycles. The van der Waals surface area contributed by atoms with Gasteiger partial charge >= 0.3 is 5.69 Å². The fraction of sp³-hybridized carbons (Fsp3) is 0.421. The number of hydrogen-bond donors (Lipinski definition) is 0. The molecule has 1 unspecified atom stereocenters. The molecule has 1 atom stereocenters. The second-order valence-electron chi connectivity index (χ2n) is 6.91. The van der Waals surface area contributed by atoms with Gasteiger partial charge < -0.3 is 9.32 Å². The Morgan fingerprint density at radius 1 is 1.26 bits per heavy atom. The molecule has 3 aromatic rings. The molecule has 27 heavy (non-hydrogen) atoms. The van der Waals surface area contributed by atoms with Gasteiger partial charge in [-0.3, -0.25) is 18.7 Å². The number of aromatic nitrogens is 2. The number of carbonyl (C=O) groups excluding carboxylic acids is 1. The molecule has 1 aliphatic rings. The van der Waals surface area contributed by atoms with Gasteiger partial charge in [0.1, 0.15) is 17.0 Å². The first-order valence-electron chi connectivity index (χ1n) is 9.09. The largest absolute Gasteiger partial charge is 0.467 e. The van der Waals surface area contributed by atoms with Crippen LogP contribution in [-0.4, -0.2) is 32.5 Å². The van der Waals surface area contributed by atoms with Crippen LogP contribution in [0.15, 0.2) is 43.8 Å². The first kappa shape index (κ1) is 17.8. The SMILES string of the molecule is CC1CCCCN1C(=O)Cn1c(=O)n(Cc2ccco2)c(=O)c2sccc21. The molecular weight excluding hydrogens is 366 g/mol. The van der Waals surface area contributed by atoms with Gasteiger partial charge in [-0.15, -0.1) is 11.3 Å². The molecule has 7 nitrogen and oxygen atoms in total. The van der Waals surface area contributed by atoms with Gasteiger partial charge in [-0.1, -0.05) is 0 Å². The molecule has 8 heteroatoms. The number of thiophene rings is 1. The van der Waals surface area contributed by atoms with Crippen molar-refractivity contribution in [3.05, 3.63) is 56.4 Å². The van der Waals surface area contributed by atoms with E-state index >= 15 is 0 Å². The molecule has 1 amide bonds. The molecule has 1 saturated heterocycles. The van der Waals surface area contributed by atoms with E-state index in [0.717, 1.165) is 23.8 Å². The van der Waals surface area contributed by atoms with Crippen LogP contribution < -0.4 is 11.2 Å². The Kier molecular flexibility index (Phi) is 4.73. The molecule has 0 aromatic carbocycles. The Balaban J connectivity index is 1.75. The van der Waals surface area contributed by atoms with E-state index in [2.05, 4.69) is 0 Å². The summed E-state index contributed by atoms with van der Waals surface area (Å²) in [7, 11) is 0. The Morgan fingerprint density at radius 2 is 2.11 bits per heavy atom. The lowest BCUT2D eigenvalue weighted by molar-refractivity contribution is -0.135. The van der Waals surface area contributed by atoms with Crippen LogP contribution >= 0.6 is 11.3 Å². The summed E-state index contributed by atoms with van der Waals surface area (Å²) in [4.78, 5) is 40.5. The van der Waals surface area contributed by atoms with Gasteiger partial charge in [0.2, 0.25) is 5.91 Å². The van der Waals surface area contributed by atoms with Crippen LogP contribution in [0.25, 0.3) is 10.2 Å². The highest BCUT2D eigenvalue weighted by Crippen LogP contribution is 2.19. The van der Waals surface area contributed by atoms with Gasteiger partial charge in [-0.05, 0) is 49.8 Å². The number of hydrogen-bond acceptors (Lipinski definition) is 5. The van der Waals surface area contributed by atoms with Crippen molar-refractivity contribution in [2.75, 3.05) is 6.54 Å². The number of amides is 1. The maximum absolute atomic E-state index is 13.0. The smallest absolute Gasteiger partial charge is 0.332 e. The van der Waals surface area contributed by atoms with Crippen molar-refractivity contribution in [2.45, 2.75) is 45.3 Å². The standard InChI is InChI=1S/C19H21N3O4S/c1-13-5-2-3-8-20(13)16(23)12-21-15-7-10-27-17(15)18(24)22(19(21)25)11-14-6-4-9-26-14/h4,6-7,9-10,13H,2-3,5,8,11-12H2,1H3. The van der Waals surface area contributed by atoms with Gasteiger partial charge in [-0.2, -0.15) is 0 Å². The Hall–Kier alpha value is -2.61. The normalized spacial score (nSPS) is 17.5. The van der Waals surface area contributed by atoms with Gasteiger partial charge in [-0.25, -0.2) is 4.79 Å². The molecule has 0 aliphatic carbocycles. The molecule has 0 bridgehead atoms. The summed E-state index contributed by atoms with van der Waals surface area (Å²) in [5, 5.41) is 1.77. The van der Waals surface area contributed by atoms with Crippen LogP contribution in [0.5, 0.6) is 0 Å². The topological polar surface area (TPSA) is 77.5 Å². The van der Waals surface area contributed by atoms with Crippen LogP contribution in [0.3, 0.4) is 0 Å². The number of furan rings is 1. The number of piperidine rings is 1. The molecule has 0 spiro atoms. The fourth-order valence-electron chi connectivity index (χ4n) is 3.68. The second-order valence-corrected chi connectivity index (χ2v) is 7.82. The Bertz CT molecular complexity index is 1080. The van der Waals surface area contributed by atoms with E-state index in [1.807, 2.05) is 11.8 Å². The van der Waals surface area contributed by atoms with Gasteiger partial charge in [0.25, 0.3) is 5.56 Å². The van der Waals surface area contributed by atoms with Crippen LogP contribution in [0.4, 0.5) is 0 Å². The van der Waals surface area contributed by atoms with E-state index < -0.39 is 5.69 Å². The van der Waals surface area contributed by atoms with Crippen molar-refractivity contribution in [1.82, 2.24) is 14.0 Å². The third-order valence-corrected chi connectivity index (χ3v) is 6.04. The van der Waals surface area contributed by atoms with Crippen LogP contribution in [0.1, 0.15) is 31.9 Å². The van der Waals surface area contributed by atoms with Crippen molar-refractivity contribution in [1.29, 1.82) is 0 Å². The van der Waals surface area contributed by atoms with Gasteiger partial charge in [0.05, 0.1) is 18.3 Å². The molecule has 3 aromatic heterocycles. The van der Waals surface area contributed by atoms with Crippen molar-refractivity contribution in [2.24, 2.45) is 0 Å². The van der Waals surface area contributed by atoms with E-state index in [-0.39, 0.29) is 30.6 Å². The minimum atomic E-state index is -0.486. The highest BCUT2D eigenvalue weighted by molar-refractivity contribution is 7.17. The molecule has 0 N–H and O–H groups in total. The van der Waals surface area contributed by atoms with Crippen LogP contribution in [0, 0.1) is 0 Å². The fourth-order valence-corrected chi connectivity index (χ4v) is 4.52. The maximum Gasteiger partial charge on any atom is 0.332 e. The summed E-state index contributed by atoms with van der Waals surface area (Å²) in [6.45, 7) is 2.74. The van der Waals surface area contributed by atoms with Gasteiger partial charge in [0, 0.05) is 12.6 Å². The first-order chi connectivity index (χ1) is 13.1. The molecule has 4 rings (SSSR count). The zero-order valence-electron chi connectivity index (χ0n) is 15.1. The summed E-state index contributed by atoms with van der Waals surface area (Å²) in [5.41, 5.74) is -0.319. The number of rotatable bonds is 4. The molecular formula is C19H21N3O4S. The number of fused-ring (bicyclic) bond motifs is 1. The van der Waals surface area contributed by atoms with Crippen molar-refractivity contribution < 1.29 is 9.21 Å². The van der Waals surface area contributed by atoms with Crippen molar-refractivity contribution in [3.8, 4) is 0 Å². The third kappa shape index (κ3) is 3.25. The average Bonchev–Trinajstić information content (AvgIpc) is 3.34. The molecule has 142 valence electrons. The lowest BCUT2D eigenvalue weighted by Gasteiger charge is -2.33. The molecule has 0 radical (unpaired) electrons. The summed E-state index contributed by atoms with van der Waals surface area (Å²) >= 11 is 1.28. The van der Waals surface area contributed by atoms with Crippen LogP contribution in [-0.2, 0) is 17.9 Å². The number of carbonyl (C=O) groups is 1. The monoisotopic (exact) mass is 387 g/mol. The predicted octanol–water partition coefficient (Wildman–Crippen LogP) is 2.27. The van der Waals surface area contributed by atoms with Crippen LogP contribution in [0.2, 0.25) is 0 Å².